The first kappa shape index (κ1) is 28.2. The van der Waals surface area contributed by atoms with Crippen LogP contribution >= 0.6 is 0 Å². The molecule has 10 aromatic rings. The number of aromatic nitrogens is 5. The molecule has 0 fully saturated rings. The lowest BCUT2D eigenvalue weighted by Crippen LogP contribution is -2.00. The highest BCUT2D eigenvalue weighted by Gasteiger charge is 2.17. The monoisotopic (exact) mass is 639 g/mol. The van der Waals surface area contributed by atoms with Crippen LogP contribution in [0.2, 0.25) is 0 Å². The molecule has 0 N–H and O–H groups in total. The largest absolute Gasteiger partial charge is 0.309 e. The highest BCUT2D eigenvalue weighted by Crippen LogP contribution is 2.37. The van der Waals surface area contributed by atoms with Crippen molar-refractivity contribution in [1.29, 1.82) is 0 Å². The summed E-state index contributed by atoms with van der Waals surface area (Å²) >= 11 is 0. The minimum Gasteiger partial charge on any atom is -0.309 e. The normalized spacial score (nSPS) is 11.6. The minimum atomic E-state index is 0.683. The summed E-state index contributed by atoms with van der Waals surface area (Å²) in [6, 6.07) is 55.6. The van der Waals surface area contributed by atoms with Crippen molar-refractivity contribution in [2.45, 2.75) is 0 Å². The zero-order chi connectivity index (χ0) is 33.0. The molecule has 0 radical (unpaired) electrons. The predicted molar refractivity (Wildman–Crippen MR) is 205 cm³/mol. The molecule has 10 rings (SSSR count). The van der Waals surface area contributed by atoms with Gasteiger partial charge in [0.2, 0.25) is 0 Å². The molecule has 0 spiro atoms. The van der Waals surface area contributed by atoms with Crippen LogP contribution in [0.3, 0.4) is 0 Å². The van der Waals surface area contributed by atoms with Crippen LogP contribution < -0.4 is 0 Å². The third-order valence-electron chi connectivity index (χ3n) is 9.67. The molecule has 4 aromatic heterocycles. The molecule has 0 aliphatic carbocycles. The van der Waals surface area contributed by atoms with Crippen molar-refractivity contribution in [2.24, 2.45) is 0 Å². The van der Waals surface area contributed by atoms with Crippen LogP contribution in [0.1, 0.15) is 0 Å². The average Bonchev–Trinajstić information content (AvgIpc) is 3.71. The maximum Gasteiger partial charge on any atom is 0.159 e. The van der Waals surface area contributed by atoms with Gasteiger partial charge in [-0.2, -0.15) is 0 Å². The maximum atomic E-state index is 4.87. The Labute approximate surface area is 288 Å². The quantitative estimate of drug-likeness (QED) is 0.188. The first-order chi connectivity index (χ1) is 24.8. The first-order valence-electron chi connectivity index (χ1n) is 16.8. The standard InChI is InChI=1S/C45H29N5/c1-5-16-41-36(11-1)37-12-2-6-17-42(37)49(41)34-25-32(26-35(27-34)50-43-18-7-3-13-38(43)39-14-4-8-19-44(39)50)33-28-47-45(48-29-33)31-22-20-30(21-23-31)40-15-9-10-24-46-40/h1-29H. The smallest absolute Gasteiger partial charge is 0.159 e. The molecule has 6 aromatic carbocycles. The van der Waals surface area contributed by atoms with Crippen LogP contribution in [0.5, 0.6) is 0 Å². The number of benzene rings is 6. The molecule has 0 aliphatic rings. The Morgan fingerprint density at radius 3 is 1.24 bits per heavy atom. The second kappa shape index (κ2) is 11.4. The fraction of sp³-hybridized carbons (Fsp3) is 0. The van der Waals surface area contributed by atoms with Gasteiger partial charge in [0.1, 0.15) is 0 Å². The van der Waals surface area contributed by atoms with Crippen LogP contribution in [0.4, 0.5) is 0 Å². The third kappa shape index (κ3) is 4.52. The number of nitrogens with zero attached hydrogens (tertiary/aromatic N) is 5. The van der Waals surface area contributed by atoms with Crippen LogP contribution in [-0.2, 0) is 0 Å². The van der Waals surface area contributed by atoms with E-state index < -0.39 is 0 Å². The van der Waals surface area contributed by atoms with Gasteiger partial charge in [0.25, 0.3) is 0 Å². The first-order valence-corrected chi connectivity index (χ1v) is 16.8. The summed E-state index contributed by atoms with van der Waals surface area (Å²) in [5, 5.41) is 4.92. The molecule has 0 atom stereocenters. The van der Waals surface area contributed by atoms with Crippen molar-refractivity contribution >= 4 is 43.6 Å². The van der Waals surface area contributed by atoms with Gasteiger partial charge in [-0.3, -0.25) is 4.98 Å². The number of para-hydroxylation sites is 4. The van der Waals surface area contributed by atoms with Gasteiger partial charge in [-0.15, -0.1) is 0 Å². The van der Waals surface area contributed by atoms with E-state index in [1.165, 1.54) is 43.6 Å². The van der Waals surface area contributed by atoms with E-state index >= 15 is 0 Å². The molecule has 5 nitrogen and oxygen atoms in total. The van der Waals surface area contributed by atoms with Crippen molar-refractivity contribution in [2.75, 3.05) is 0 Å². The van der Waals surface area contributed by atoms with Gasteiger partial charge in [0, 0.05) is 68.2 Å². The summed E-state index contributed by atoms with van der Waals surface area (Å²) in [5.41, 5.74) is 11.8. The molecular formula is C45H29N5. The Balaban J connectivity index is 1.16. The van der Waals surface area contributed by atoms with Gasteiger partial charge in [0.05, 0.1) is 27.8 Å². The molecule has 0 saturated carbocycles. The van der Waals surface area contributed by atoms with E-state index in [4.69, 9.17) is 9.97 Å². The number of fused-ring (bicyclic) bond motifs is 6. The van der Waals surface area contributed by atoms with Gasteiger partial charge < -0.3 is 9.13 Å². The van der Waals surface area contributed by atoms with E-state index in [1.807, 2.05) is 36.8 Å². The van der Waals surface area contributed by atoms with Crippen molar-refractivity contribution in [1.82, 2.24) is 24.1 Å². The van der Waals surface area contributed by atoms with Crippen molar-refractivity contribution < 1.29 is 0 Å². The zero-order valence-electron chi connectivity index (χ0n) is 27.0. The second-order valence-electron chi connectivity index (χ2n) is 12.6. The van der Waals surface area contributed by atoms with Crippen LogP contribution in [0, 0.1) is 0 Å². The maximum absolute atomic E-state index is 4.87. The lowest BCUT2D eigenvalue weighted by atomic mass is 10.1. The summed E-state index contributed by atoms with van der Waals surface area (Å²) in [7, 11) is 0. The summed E-state index contributed by atoms with van der Waals surface area (Å²) in [5.74, 6) is 0.683. The average molecular weight is 640 g/mol. The summed E-state index contributed by atoms with van der Waals surface area (Å²) < 4.78 is 4.76. The highest BCUT2D eigenvalue weighted by molar-refractivity contribution is 6.10. The van der Waals surface area contributed by atoms with Gasteiger partial charge in [-0.05, 0) is 60.2 Å². The lowest BCUT2D eigenvalue weighted by molar-refractivity contribution is 1.13. The van der Waals surface area contributed by atoms with Gasteiger partial charge >= 0.3 is 0 Å². The summed E-state index contributed by atoms with van der Waals surface area (Å²) in [6.45, 7) is 0. The molecule has 234 valence electrons. The molecule has 0 bridgehead atoms. The Bertz CT molecular complexity index is 2610. The summed E-state index contributed by atoms with van der Waals surface area (Å²) in [6.07, 6.45) is 5.69. The van der Waals surface area contributed by atoms with E-state index in [9.17, 15) is 0 Å². The molecular weight excluding hydrogens is 611 g/mol. The van der Waals surface area contributed by atoms with E-state index in [1.54, 1.807) is 0 Å². The number of hydrogen-bond donors (Lipinski definition) is 0. The van der Waals surface area contributed by atoms with E-state index in [0.29, 0.717) is 5.82 Å². The Morgan fingerprint density at radius 1 is 0.340 bits per heavy atom. The van der Waals surface area contributed by atoms with E-state index in [-0.39, 0.29) is 0 Å². The second-order valence-corrected chi connectivity index (χ2v) is 12.6. The molecule has 4 heterocycles. The molecule has 5 heteroatoms. The Kier molecular flexibility index (Phi) is 6.42. The molecule has 0 unspecified atom stereocenters. The highest BCUT2D eigenvalue weighted by atomic mass is 15.0. The predicted octanol–water partition coefficient (Wildman–Crippen LogP) is 11.1. The van der Waals surface area contributed by atoms with Crippen molar-refractivity contribution in [3.05, 3.63) is 176 Å². The van der Waals surface area contributed by atoms with E-state index in [0.717, 1.165) is 39.3 Å². The molecule has 50 heavy (non-hydrogen) atoms. The van der Waals surface area contributed by atoms with Crippen LogP contribution in [0.25, 0.3) is 88.8 Å². The Hall–Kier alpha value is -6.85. The number of pyridine rings is 1. The minimum absolute atomic E-state index is 0.683. The topological polar surface area (TPSA) is 48.5 Å². The van der Waals surface area contributed by atoms with Crippen molar-refractivity contribution in [3.63, 3.8) is 0 Å². The van der Waals surface area contributed by atoms with Crippen LogP contribution in [-0.4, -0.2) is 24.1 Å². The SMILES string of the molecule is c1ccc(-c2ccc(-c3ncc(-c4cc(-n5c6ccccc6c6ccccc65)cc(-n5c6ccccc6c6ccccc65)c4)cn3)cc2)nc1. The molecule has 0 aliphatic heterocycles. The fourth-order valence-electron chi connectivity index (χ4n) is 7.37. The van der Waals surface area contributed by atoms with Crippen molar-refractivity contribution in [3.8, 4) is 45.1 Å². The zero-order valence-corrected chi connectivity index (χ0v) is 27.0. The van der Waals surface area contributed by atoms with Gasteiger partial charge in [0.15, 0.2) is 5.82 Å². The number of rotatable bonds is 5. The molecule has 0 saturated heterocycles. The fourth-order valence-corrected chi connectivity index (χ4v) is 7.37. The third-order valence-corrected chi connectivity index (χ3v) is 9.67. The summed E-state index contributed by atoms with van der Waals surface area (Å²) in [4.78, 5) is 14.2. The van der Waals surface area contributed by atoms with E-state index in [2.05, 4.69) is 154 Å². The lowest BCUT2D eigenvalue weighted by Gasteiger charge is -2.16. The van der Waals surface area contributed by atoms with Crippen LogP contribution in [0.15, 0.2) is 176 Å². The van der Waals surface area contributed by atoms with Gasteiger partial charge in [-0.1, -0.05) is 103 Å². The Morgan fingerprint density at radius 2 is 0.780 bits per heavy atom. The van der Waals surface area contributed by atoms with Gasteiger partial charge in [-0.25, -0.2) is 9.97 Å². The molecule has 0 amide bonds. The number of hydrogen-bond acceptors (Lipinski definition) is 3.